The Morgan fingerprint density at radius 2 is 2.00 bits per heavy atom. The highest BCUT2D eigenvalue weighted by Gasteiger charge is 2.44. The molecule has 2 aliphatic rings. The molecule has 174 valence electrons. The number of carbonyl (C=O) groups excluding carboxylic acids is 1. The first-order valence-corrected chi connectivity index (χ1v) is 12.9. The maximum Gasteiger partial charge on any atom is 0.243 e. The summed E-state index contributed by atoms with van der Waals surface area (Å²) in [6, 6.07) is 14.1. The van der Waals surface area contributed by atoms with E-state index in [0.717, 1.165) is 18.4 Å². The Bertz CT molecular complexity index is 1190. The molecule has 2 fully saturated rings. The number of benzene rings is 2. The van der Waals surface area contributed by atoms with Gasteiger partial charge in [-0.15, -0.1) is 0 Å². The predicted molar refractivity (Wildman–Crippen MR) is 126 cm³/mol. The van der Waals surface area contributed by atoms with Gasteiger partial charge in [-0.25, -0.2) is 8.42 Å². The van der Waals surface area contributed by atoms with Gasteiger partial charge in [-0.3, -0.25) is 4.79 Å². The van der Waals surface area contributed by atoms with Crippen LogP contribution in [0.25, 0.3) is 0 Å². The zero-order chi connectivity index (χ0) is 23.6. The number of nitrogens with one attached hydrogen (secondary N) is 1. The van der Waals surface area contributed by atoms with Crippen molar-refractivity contribution in [3.63, 3.8) is 0 Å². The van der Waals surface area contributed by atoms with Crippen LogP contribution in [0.2, 0.25) is 5.02 Å². The fourth-order valence-electron chi connectivity index (χ4n) is 4.15. The Labute approximate surface area is 199 Å². The van der Waals surface area contributed by atoms with Crippen LogP contribution < -0.4 is 10.1 Å². The number of sulfonamides is 1. The summed E-state index contributed by atoms with van der Waals surface area (Å²) in [6.07, 6.45) is 2.92. The third-order valence-electron chi connectivity index (χ3n) is 6.26. The first-order chi connectivity index (χ1) is 15.8. The molecule has 4 rings (SSSR count). The fourth-order valence-corrected chi connectivity index (χ4v) is 6.00. The zero-order valence-corrected chi connectivity index (χ0v) is 20.0. The van der Waals surface area contributed by atoms with Crippen LogP contribution in [0, 0.1) is 17.2 Å². The molecule has 1 N–H and O–H groups in total. The van der Waals surface area contributed by atoms with Crippen LogP contribution in [0.15, 0.2) is 47.4 Å². The van der Waals surface area contributed by atoms with Crippen LogP contribution >= 0.6 is 11.6 Å². The third kappa shape index (κ3) is 4.86. The molecule has 1 atom stereocenters. The highest BCUT2D eigenvalue weighted by atomic mass is 35.5. The summed E-state index contributed by atoms with van der Waals surface area (Å²) in [5, 5.41) is 12.5. The van der Waals surface area contributed by atoms with Gasteiger partial charge in [0.1, 0.15) is 5.75 Å². The summed E-state index contributed by atoms with van der Waals surface area (Å²) in [4.78, 5) is 13.0. The zero-order valence-electron chi connectivity index (χ0n) is 18.4. The molecule has 1 aliphatic carbocycles. The van der Waals surface area contributed by atoms with Gasteiger partial charge in [0, 0.05) is 18.8 Å². The van der Waals surface area contributed by atoms with E-state index in [-0.39, 0.29) is 27.8 Å². The molecule has 0 radical (unpaired) electrons. The SMILES string of the molecule is CCOc1ccc(S(=O)(=O)N2CCC[C@H](C(=O)Nc3ccc(C4(C#N)CC4)cc3)C2)cc1Cl. The van der Waals surface area contributed by atoms with Crippen molar-refractivity contribution in [2.75, 3.05) is 25.0 Å². The van der Waals surface area contributed by atoms with Crippen molar-refractivity contribution >= 4 is 33.2 Å². The Hall–Kier alpha value is -2.60. The van der Waals surface area contributed by atoms with Crippen molar-refractivity contribution in [3.05, 3.63) is 53.1 Å². The van der Waals surface area contributed by atoms with E-state index in [2.05, 4.69) is 11.4 Å². The lowest BCUT2D eigenvalue weighted by molar-refractivity contribution is -0.120. The average Bonchev–Trinajstić information content (AvgIpc) is 3.62. The Morgan fingerprint density at radius 1 is 1.27 bits per heavy atom. The summed E-state index contributed by atoms with van der Waals surface area (Å²) in [6.45, 7) is 2.71. The number of carbonyl (C=O) groups is 1. The number of anilines is 1. The molecule has 0 bridgehead atoms. The van der Waals surface area contributed by atoms with Crippen molar-refractivity contribution in [1.29, 1.82) is 5.26 Å². The Balaban J connectivity index is 1.43. The number of nitrogens with zero attached hydrogens (tertiary/aromatic N) is 2. The van der Waals surface area contributed by atoms with Gasteiger partial charge < -0.3 is 10.1 Å². The van der Waals surface area contributed by atoms with Crippen molar-refractivity contribution in [3.8, 4) is 11.8 Å². The van der Waals surface area contributed by atoms with Crippen LogP contribution in [0.1, 0.15) is 38.2 Å². The normalized spacial score (nSPS) is 20.0. The highest BCUT2D eigenvalue weighted by Crippen LogP contribution is 2.47. The predicted octanol–water partition coefficient (Wildman–Crippen LogP) is 4.33. The van der Waals surface area contributed by atoms with Crippen molar-refractivity contribution in [2.24, 2.45) is 5.92 Å². The number of hydrogen-bond acceptors (Lipinski definition) is 5. The van der Waals surface area contributed by atoms with Crippen molar-refractivity contribution < 1.29 is 17.9 Å². The Morgan fingerprint density at radius 3 is 2.61 bits per heavy atom. The van der Waals surface area contributed by atoms with Gasteiger partial charge in [0.05, 0.1) is 33.9 Å². The number of halogens is 1. The smallest absolute Gasteiger partial charge is 0.243 e. The molecule has 0 spiro atoms. The standard InChI is InChI=1S/C24H26ClN3O4S/c1-2-32-22-10-9-20(14-21(22)25)33(30,31)28-13-3-4-17(15-28)23(29)27-19-7-5-18(6-8-19)24(16-26)11-12-24/h5-10,14,17H,2-4,11-13,15H2,1H3,(H,27,29)/t17-/m0/s1. The summed E-state index contributed by atoms with van der Waals surface area (Å²) < 4.78 is 33.1. The summed E-state index contributed by atoms with van der Waals surface area (Å²) in [5.74, 6) is -0.239. The molecule has 1 saturated heterocycles. The first kappa shape index (κ1) is 23.6. The maximum absolute atomic E-state index is 13.2. The number of hydrogen-bond donors (Lipinski definition) is 1. The van der Waals surface area contributed by atoms with Gasteiger partial charge in [0.15, 0.2) is 0 Å². The van der Waals surface area contributed by atoms with E-state index in [4.69, 9.17) is 16.3 Å². The number of ether oxygens (including phenoxy) is 1. The van der Waals surface area contributed by atoms with Crippen LogP contribution in [-0.2, 0) is 20.2 Å². The third-order valence-corrected chi connectivity index (χ3v) is 8.42. The molecule has 0 unspecified atom stereocenters. The molecule has 1 saturated carbocycles. The van der Waals surface area contributed by atoms with E-state index in [9.17, 15) is 18.5 Å². The van der Waals surface area contributed by atoms with Gasteiger partial charge in [-0.1, -0.05) is 23.7 Å². The van der Waals surface area contributed by atoms with E-state index >= 15 is 0 Å². The van der Waals surface area contributed by atoms with E-state index < -0.39 is 15.9 Å². The first-order valence-electron chi connectivity index (χ1n) is 11.0. The molecular formula is C24H26ClN3O4S. The summed E-state index contributed by atoms with van der Waals surface area (Å²) in [5.41, 5.74) is 1.23. The van der Waals surface area contributed by atoms with Crippen LogP contribution in [0.5, 0.6) is 5.75 Å². The lowest BCUT2D eigenvalue weighted by atomic mass is 9.97. The van der Waals surface area contributed by atoms with Gasteiger partial charge in [0.25, 0.3) is 0 Å². The van der Waals surface area contributed by atoms with E-state index in [0.29, 0.717) is 37.4 Å². The minimum Gasteiger partial charge on any atom is -0.492 e. The molecule has 1 aliphatic heterocycles. The van der Waals surface area contributed by atoms with Gasteiger partial charge >= 0.3 is 0 Å². The number of amides is 1. The highest BCUT2D eigenvalue weighted by molar-refractivity contribution is 7.89. The van der Waals surface area contributed by atoms with Crippen molar-refractivity contribution in [1.82, 2.24) is 4.31 Å². The topological polar surface area (TPSA) is 99.5 Å². The monoisotopic (exact) mass is 487 g/mol. The average molecular weight is 488 g/mol. The van der Waals surface area contributed by atoms with Crippen molar-refractivity contribution in [2.45, 2.75) is 42.9 Å². The minimum atomic E-state index is -3.79. The Kier molecular flexibility index (Phi) is 6.66. The number of rotatable bonds is 7. The lowest BCUT2D eigenvalue weighted by Gasteiger charge is -2.31. The number of nitriles is 1. The molecule has 2 aromatic rings. The molecule has 7 nitrogen and oxygen atoms in total. The molecule has 0 aromatic heterocycles. The molecule has 33 heavy (non-hydrogen) atoms. The summed E-state index contributed by atoms with van der Waals surface area (Å²) >= 11 is 6.19. The maximum atomic E-state index is 13.2. The van der Waals surface area contributed by atoms with E-state index in [1.807, 2.05) is 19.1 Å². The van der Waals surface area contributed by atoms with Gasteiger partial charge in [0.2, 0.25) is 15.9 Å². The largest absolute Gasteiger partial charge is 0.492 e. The number of piperidine rings is 1. The fraction of sp³-hybridized carbons (Fsp3) is 0.417. The second-order valence-corrected chi connectivity index (χ2v) is 10.8. The van der Waals surface area contributed by atoms with Gasteiger partial charge in [-0.05, 0) is 68.5 Å². The molecule has 9 heteroatoms. The van der Waals surface area contributed by atoms with E-state index in [1.54, 1.807) is 18.2 Å². The second kappa shape index (κ2) is 9.34. The van der Waals surface area contributed by atoms with Gasteiger partial charge in [-0.2, -0.15) is 9.57 Å². The van der Waals surface area contributed by atoms with Crippen LogP contribution in [-0.4, -0.2) is 38.3 Å². The molecule has 1 heterocycles. The quantitative estimate of drug-likeness (QED) is 0.626. The molecular weight excluding hydrogens is 462 g/mol. The van der Waals surface area contributed by atoms with E-state index in [1.165, 1.54) is 16.4 Å². The van der Waals surface area contributed by atoms with Crippen LogP contribution in [0.4, 0.5) is 5.69 Å². The molecule has 1 amide bonds. The summed E-state index contributed by atoms with van der Waals surface area (Å²) in [7, 11) is -3.79. The second-order valence-electron chi connectivity index (χ2n) is 8.49. The lowest BCUT2D eigenvalue weighted by Crippen LogP contribution is -2.43. The minimum absolute atomic E-state index is 0.0825. The molecule has 2 aromatic carbocycles. The van der Waals surface area contributed by atoms with Crippen LogP contribution in [0.3, 0.4) is 0 Å².